The molecule has 0 fully saturated rings. The summed E-state index contributed by atoms with van der Waals surface area (Å²) in [6, 6.07) is 10.3. The Kier molecular flexibility index (Phi) is 10.9. The number of benzene rings is 1. The number of nitrogens with one attached hydrogen (secondary N) is 1. The van der Waals surface area contributed by atoms with Gasteiger partial charge in [0.05, 0.1) is 0 Å². The Hall–Kier alpha value is -1.21. The van der Waals surface area contributed by atoms with Crippen LogP contribution >= 0.6 is 22.9 Å². The van der Waals surface area contributed by atoms with Crippen LogP contribution in [0.25, 0.3) is 0 Å². The van der Waals surface area contributed by atoms with Gasteiger partial charge in [0, 0.05) is 28.4 Å². The third kappa shape index (κ3) is 9.34. The van der Waals surface area contributed by atoms with Gasteiger partial charge in [0.2, 0.25) is 10.0 Å². The monoisotopic (exact) mass is 497 g/mol. The van der Waals surface area contributed by atoms with E-state index in [1.807, 2.05) is 0 Å². The Labute approximate surface area is 202 Å². The van der Waals surface area contributed by atoms with Gasteiger partial charge in [-0.3, -0.25) is 4.79 Å². The number of unbranched alkanes of at least 4 members (excludes halogenated alkanes) is 5. The van der Waals surface area contributed by atoms with Gasteiger partial charge in [-0.15, -0.1) is 11.3 Å². The van der Waals surface area contributed by atoms with Crippen LogP contribution in [0.4, 0.5) is 0 Å². The van der Waals surface area contributed by atoms with E-state index in [1.54, 1.807) is 36.4 Å². The predicted molar refractivity (Wildman–Crippen MR) is 135 cm³/mol. The fourth-order valence-electron chi connectivity index (χ4n) is 3.49. The van der Waals surface area contributed by atoms with Crippen LogP contribution in [0.1, 0.15) is 87.4 Å². The highest BCUT2D eigenvalue weighted by atomic mass is 35.5. The maximum absolute atomic E-state index is 12.8. The largest absolute Gasteiger partial charge is 0.294 e. The van der Waals surface area contributed by atoms with Crippen LogP contribution in [0.15, 0.2) is 40.6 Å². The molecule has 32 heavy (non-hydrogen) atoms. The molecule has 0 unspecified atom stereocenters. The zero-order valence-electron chi connectivity index (χ0n) is 19.5. The third-order valence-corrected chi connectivity index (χ3v) is 8.90. The summed E-state index contributed by atoms with van der Waals surface area (Å²) in [5.74, 6) is 0.0223. The molecule has 1 aromatic heterocycles. The van der Waals surface area contributed by atoms with E-state index in [0.29, 0.717) is 34.2 Å². The van der Waals surface area contributed by atoms with Crippen molar-refractivity contribution in [3.8, 4) is 0 Å². The van der Waals surface area contributed by atoms with Crippen molar-refractivity contribution in [1.29, 1.82) is 0 Å². The van der Waals surface area contributed by atoms with Crippen LogP contribution in [-0.4, -0.2) is 20.7 Å². The van der Waals surface area contributed by atoms with Gasteiger partial charge in [0.1, 0.15) is 4.21 Å². The maximum atomic E-state index is 12.8. The first-order valence-electron chi connectivity index (χ1n) is 11.5. The molecule has 0 aliphatic carbocycles. The molecular weight excluding hydrogens is 462 g/mol. The second-order valence-electron chi connectivity index (χ2n) is 9.16. The highest BCUT2D eigenvalue weighted by molar-refractivity contribution is 7.91. The molecule has 0 radical (unpaired) electrons. The Morgan fingerprint density at radius 3 is 2.34 bits per heavy atom. The zero-order chi connectivity index (χ0) is 23.6. The van der Waals surface area contributed by atoms with Gasteiger partial charge in [0.25, 0.3) is 0 Å². The number of Topliss-reactive ketones (excluding diaryl/α,β-unsaturated/α-hetero) is 1. The minimum Gasteiger partial charge on any atom is -0.294 e. The Bertz CT molecular complexity index is 950. The molecule has 0 saturated carbocycles. The molecule has 0 atom stereocenters. The van der Waals surface area contributed by atoms with E-state index in [9.17, 15) is 13.2 Å². The Morgan fingerprint density at radius 1 is 1.00 bits per heavy atom. The Balaban J connectivity index is 1.81. The van der Waals surface area contributed by atoms with E-state index in [1.165, 1.54) is 43.4 Å². The number of rotatable bonds is 15. The van der Waals surface area contributed by atoms with Crippen LogP contribution in [0, 0.1) is 5.41 Å². The van der Waals surface area contributed by atoms with Crippen LogP contribution < -0.4 is 4.72 Å². The van der Waals surface area contributed by atoms with Crippen molar-refractivity contribution < 1.29 is 13.2 Å². The average molecular weight is 498 g/mol. The van der Waals surface area contributed by atoms with Crippen molar-refractivity contribution in [3.63, 3.8) is 0 Å². The average Bonchev–Trinajstić information content (AvgIpc) is 3.24. The number of carbonyl (C=O) groups excluding carboxylic acids is 1. The molecule has 1 aromatic carbocycles. The molecule has 2 rings (SSSR count). The van der Waals surface area contributed by atoms with Crippen molar-refractivity contribution in [2.24, 2.45) is 5.41 Å². The van der Waals surface area contributed by atoms with Gasteiger partial charge < -0.3 is 0 Å². The molecular formula is C25H36ClNO3S2. The summed E-state index contributed by atoms with van der Waals surface area (Å²) >= 11 is 7.10. The van der Waals surface area contributed by atoms with Gasteiger partial charge in [-0.25, -0.2) is 13.1 Å². The van der Waals surface area contributed by atoms with E-state index in [4.69, 9.17) is 11.6 Å². The summed E-state index contributed by atoms with van der Waals surface area (Å²) in [7, 11) is -3.54. The lowest BCUT2D eigenvalue weighted by molar-refractivity contribution is 0.0983. The molecule has 0 spiro atoms. The van der Waals surface area contributed by atoms with Crippen molar-refractivity contribution >= 4 is 38.7 Å². The molecule has 0 bridgehead atoms. The fraction of sp³-hybridized carbons (Fsp3) is 0.560. The van der Waals surface area contributed by atoms with Gasteiger partial charge in [-0.05, 0) is 54.7 Å². The van der Waals surface area contributed by atoms with Gasteiger partial charge >= 0.3 is 0 Å². The maximum Gasteiger partial charge on any atom is 0.250 e. The topological polar surface area (TPSA) is 63.2 Å². The highest BCUT2D eigenvalue weighted by Crippen LogP contribution is 2.27. The lowest BCUT2D eigenvalue weighted by Gasteiger charge is -2.24. The summed E-state index contributed by atoms with van der Waals surface area (Å²) < 4.78 is 28.6. The van der Waals surface area contributed by atoms with E-state index in [0.717, 1.165) is 17.7 Å². The van der Waals surface area contributed by atoms with Crippen LogP contribution in [0.2, 0.25) is 5.02 Å². The lowest BCUT2D eigenvalue weighted by atomic mass is 9.87. The summed E-state index contributed by atoms with van der Waals surface area (Å²) in [5, 5.41) is 0.595. The summed E-state index contributed by atoms with van der Waals surface area (Å²) in [5.41, 5.74) is 0.538. The Morgan fingerprint density at radius 2 is 1.66 bits per heavy atom. The molecule has 0 aliphatic heterocycles. The van der Waals surface area contributed by atoms with E-state index < -0.39 is 10.0 Å². The quantitative estimate of drug-likeness (QED) is 0.208. The van der Waals surface area contributed by atoms with E-state index >= 15 is 0 Å². The zero-order valence-corrected chi connectivity index (χ0v) is 21.8. The molecule has 2 aromatic rings. The summed E-state index contributed by atoms with van der Waals surface area (Å²) in [4.78, 5) is 13.2. The number of carbonyl (C=O) groups is 1. The molecule has 178 valence electrons. The number of aryl methyl sites for hydroxylation is 1. The van der Waals surface area contributed by atoms with Gasteiger partial charge in [0.15, 0.2) is 5.78 Å². The first-order valence-corrected chi connectivity index (χ1v) is 14.2. The SMILES string of the molecule is CCCCCCCCC(C)(C)CNS(=O)(=O)c1ccc(CCC(=O)c2ccc(Cl)cc2)s1. The molecule has 0 aliphatic rings. The van der Waals surface area contributed by atoms with E-state index in [2.05, 4.69) is 25.5 Å². The van der Waals surface area contributed by atoms with Crippen LogP contribution in [0.5, 0.6) is 0 Å². The van der Waals surface area contributed by atoms with E-state index in [-0.39, 0.29) is 11.2 Å². The number of sulfonamides is 1. The minimum atomic E-state index is -3.54. The predicted octanol–water partition coefficient (Wildman–Crippen LogP) is 7.27. The van der Waals surface area contributed by atoms with Gasteiger partial charge in [-0.2, -0.15) is 0 Å². The first kappa shape index (κ1) is 27.0. The summed E-state index contributed by atoms with van der Waals surface area (Å²) in [6.45, 7) is 6.87. The van der Waals surface area contributed by atoms with Crippen molar-refractivity contribution in [3.05, 3.63) is 51.9 Å². The third-order valence-electron chi connectivity index (χ3n) is 5.61. The number of hydrogen-bond acceptors (Lipinski definition) is 4. The minimum absolute atomic E-state index is 0.0223. The fourth-order valence-corrected chi connectivity index (χ4v) is 6.26. The number of thiophene rings is 1. The van der Waals surface area contributed by atoms with Crippen molar-refractivity contribution in [2.45, 2.75) is 82.8 Å². The summed E-state index contributed by atoms with van der Waals surface area (Å²) in [6.07, 6.45) is 9.28. The second kappa shape index (κ2) is 12.9. The normalized spacial score (nSPS) is 12.2. The van der Waals surface area contributed by atoms with Crippen molar-refractivity contribution in [1.82, 2.24) is 4.72 Å². The lowest BCUT2D eigenvalue weighted by Crippen LogP contribution is -2.33. The second-order valence-corrected chi connectivity index (χ2v) is 12.8. The van der Waals surface area contributed by atoms with Gasteiger partial charge in [-0.1, -0.05) is 70.9 Å². The number of ketones is 1. The molecule has 0 saturated heterocycles. The van der Waals surface area contributed by atoms with Crippen molar-refractivity contribution in [2.75, 3.05) is 6.54 Å². The smallest absolute Gasteiger partial charge is 0.250 e. The van der Waals surface area contributed by atoms with Crippen LogP contribution in [0.3, 0.4) is 0 Å². The molecule has 0 amide bonds. The highest BCUT2D eigenvalue weighted by Gasteiger charge is 2.23. The first-order chi connectivity index (χ1) is 15.1. The number of halogens is 1. The molecule has 7 heteroatoms. The molecule has 1 heterocycles. The molecule has 4 nitrogen and oxygen atoms in total. The standard InChI is InChI=1S/C25H36ClNO3S2/c1-4-5-6-7-8-9-18-25(2,3)19-27-32(29,30)24-17-15-22(31-24)14-16-23(28)20-10-12-21(26)13-11-20/h10-13,15,17,27H,4-9,14,16,18-19H2,1-3H3. The number of hydrogen-bond donors (Lipinski definition) is 1. The molecule has 1 N–H and O–H groups in total. The van der Waals surface area contributed by atoms with Crippen LogP contribution in [-0.2, 0) is 16.4 Å².